The fourth-order valence-electron chi connectivity index (χ4n) is 1.78. The van der Waals surface area contributed by atoms with Gasteiger partial charge >= 0.3 is 0 Å². The third-order valence-corrected chi connectivity index (χ3v) is 2.84. The quantitative estimate of drug-likeness (QED) is 0.532. The first-order chi connectivity index (χ1) is 7.19. The third kappa shape index (κ3) is 3.34. The second kappa shape index (κ2) is 5.91. The molecule has 2 nitrogen and oxygen atoms in total. The molecule has 1 aromatic carbocycles. The number of rotatable bonds is 5. The lowest BCUT2D eigenvalue weighted by Gasteiger charge is -2.15. The lowest BCUT2D eigenvalue weighted by Crippen LogP contribution is -1.99. The molecule has 3 heteroatoms. The van der Waals surface area contributed by atoms with Gasteiger partial charge in [0.2, 0.25) is 0 Å². The molecule has 0 heterocycles. The van der Waals surface area contributed by atoms with Crippen LogP contribution in [0.4, 0.5) is 0 Å². The van der Waals surface area contributed by atoms with Crippen LogP contribution in [0.15, 0.2) is 18.2 Å². The first kappa shape index (κ1) is 12.2. The molecule has 0 aromatic heterocycles. The van der Waals surface area contributed by atoms with Crippen molar-refractivity contribution in [1.29, 1.82) is 0 Å². The van der Waals surface area contributed by atoms with Crippen molar-refractivity contribution in [3.05, 3.63) is 23.8 Å². The van der Waals surface area contributed by atoms with E-state index >= 15 is 0 Å². The minimum atomic E-state index is -0.0557. The van der Waals surface area contributed by atoms with Crippen molar-refractivity contribution in [3.63, 3.8) is 0 Å². The van der Waals surface area contributed by atoms with Crippen LogP contribution in [0.25, 0.3) is 0 Å². The molecule has 0 fully saturated rings. The molecule has 0 aliphatic rings. The van der Waals surface area contributed by atoms with Gasteiger partial charge in [-0.25, -0.2) is 0 Å². The van der Waals surface area contributed by atoms with Gasteiger partial charge in [-0.3, -0.25) is 0 Å². The first-order valence-corrected chi connectivity index (χ1v) is 5.95. The summed E-state index contributed by atoms with van der Waals surface area (Å²) < 4.78 is 0. The van der Waals surface area contributed by atoms with Gasteiger partial charge in [-0.2, -0.15) is 12.6 Å². The van der Waals surface area contributed by atoms with E-state index in [0.29, 0.717) is 5.92 Å². The molecule has 0 spiro atoms. The van der Waals surface area contributed by atoms with E-state index in [1.807, 2.05) is 6.07 Å². The van der Waals surface area contributed by atoms with Gasteiger partial charge < -0.3 is 10.2 Å². The molecule has 0 saturated heterocycles. The van der Waals surface area contributed by atoms with Crippen molar-refractivity contribution in [2.24, 2.45) is 0 Å². The summed E-state index contributed by atoms with van der Waals surface area (Å²) in [6.45, 7) is 2.14. The molecule has 1 atom stereocenters. The maximum Gasteiger partial charge on any atom is 0.157 e. The van der Waals surface area contributed by atoms with Crippen molar-refractivity contribution in [2.75, 3.05) is 5.75 Å². The molecule has 1 unspecified atom stereocenters. The Bertz CT molecular complexity index is 306. The van der Waals surface area contributed by atoms with Crippen LogP contribution in [-0.2, 0) is 0 Å². The summed E-state index contributed by atoms with van der Waals surface area (Å²) in [5.74, 6) is 1.18. The van der Waals surface area contributed by atoms with Gasteiger partial charge in [-0.15, -0.1) is 0 Å². The van der Waals surface area contributed by atoms with Crippen LogP contribution in [0, 0.1) is 0 Å². The summed E-state index contributed by atoms with van der Waals surface area (Å²) >= 11 is 4.24. The number of thiol groups is 1. The molecule has 2 N–H and O–H groups in total. The van der Waals surface area contributed by atoms with E-state index in [-0.39, 0.29) is 11.5 Å². The smallest absolute Gasteiger partial charge is 0.157 e. The monoisotopic (exact) mass is 226 g/mol. The SMILES string of the molecule is CCCC(CCS)c1ccc(O)c(O)c1. The average Bonchev–Trinajstić information content (AvgIpc) is 2.22. The number of phenolic OH excluding ortho intramolecular Hbond substituents is 2. The van der Waals surface area contributed by atoms with Crippen LogP contribution in [-0.4, -0.2) is 16.0 Å². The van der Waals surface area contributed by atoms with E-state index in [4.69, 9.17) is 0 Å². The minimum Gasteiger partial charge on any atom is -0.504 e. The highest BCUT2D eigenvalue weighted by Crippen LogP contribution is 2.32. The normalized spacial score (nSPS) is 12.7. The van der Waals surface area contributed by atoms with Crippen molar-refractivity contribution in [2.45, 2.75) is 32.1 Å². The van der Waals surface area contributed by atoms with Crippen molar-refractivity contribution in [3.8, 4) is 11.5 Å². The fourth-order valence-corrected chi connectivity index (χ4v) is 2.09. The maximum absolute atomic E-state index is 9.42. The molecule has 1 rings (SSSR count). The molecule has 15 heavy (non-hydrogen) atoms. The van der Waals surface area contributed by atoms with Gasteiger partial charge in [-0.05, 0) is 42.2 Å². The molecular weight excluding hydrogens is 208 g/mol. The van der Waals surface area contributed by atoms with Crippen molar-refractivity contribution in [1.82, 2.24) is 0 Å². The number of hydrogen-bond donors (Lipinski definition) is 3. The van der Waals surface area contributed by atoms with Crippen LogP contribution in [0.3, 0.4) is 0 Å². The second-order valence-electron chi connectivity index (χ2n) is 3.75. The lowest BCUT2D eigenvalue weighted by atomic mass is 9.92. The zero-order valence-electron chi connectivity index (χ0n) is 8.98. The van der Waals surface area contributed by atoms with Gasteiger partial charge in [0.15, 0.2) is 11.5 Å². The average molecular weight is 226 g/mol. The van der Waals surface area contributed by atoms with Gasteiger partial charge in [-0.1, -0.05) is 19.4 Å². The number of benzene rings is 1. The Morgan fingerprint density at radius 2 is 1.93 bits per heavy atom. The van der Waals surface area contributed by atoms with Crippen LogP contribution in [0.5, 0.6) is 11.5 Å². The molecule has 0 radical (unpaired) electrons. The molecule has 84 valence electrons. The van der Waals surface area contributed by atoms with E-state index in [9.17, 15) is 10.2 Å². The molecule has 0 saturated carbocycles. The topological polar surface area (TPSA) is 40.5 Å². The Kier molecular flexibility index (Phi) is 4.82. The predicted molar refractivity (Wildman–Crippen MR) is 65.9 cm³/mol. The Labute approximate surface area is 96.4 Å². The molecule has 0 amide bonds. The summed E-state index contributed by atoms with van der Waals surface area (Å²) in [6.07, 6.45) is 3.20. The Hall–Kier alpha value is -0.830. The predicted octanol–water partition coefficient (Wildman–Crippen LogP) is 3.30. The molecule has 0 aliphatic carbocycles. The van der Waals surface area contributed by atoms with E-state index in [1.165, 1.54) is 0 Å². The second-order valence-corrected chi connectivity index (χ2v) is 4.19. The highest BCUT2D eigenvalue weighted by atomic mass is 32.1. The summed E-state index contributed by atoms with van der Waals surface area (Å²) in [5, 5.41) is 18.6. The van der Waals surface area contributed by atoms with Gasteiger partial charge in [0.25, 0.3) is 0 Å². The molecule has 0 aliphatic heterocycles. The van der Waals surface area contributed by atoms with Crippen LogP contribution in [0.1, 0.15) is 37.7 Å². The Morgan fingerprint density at radius 1 is 1.20 bits per heavy atom. The Balaban J connectivity index is 2.85. The number of hydrogen-bond acceptors (Lipinski definition) is 3. The van der Waals surface area contributed by atoms with E-state index < -0.39 is 0 Å². The maximum atomic E-state index is 9.42. The van der Waals surface area contributed by atoms with Gasteiger partial charge in [0, 0.05) is 0 Å². The Morgan fingerprint density at radius 3 is 2.47 bits per heavy atom. The molecule has 0 bridgehead atoms. The van der Waals surface area contributed by atoms with E-state index in [0.717, 1.165) is 30.6 Å². The van der Waals surface area contributed by atoms with Crippen molar-refractivity contribution >= 4 is 12.6 Å². The number of phenols is 2. The molecular formula is C12H18O2S. The number of aromatic hydroxyl groups is 2. The highest BCUT2D eigenvalue weighted by molar-refractivity contribution is 7.80. The zero-order chi connectivity index (χ0) is 11.3. The zero-order valence-corrected chi connectivity index (χ0v) is 9.87. The summed E-state index contributed by atoms with van der Waals surface area (Å²) in [4.78, 5) is 0. The van der Waals surface area contributed by atoms with Crippen molar-refractivity contribution < 1.29 is 10.2 Å². The largest absolute Gasteiger partial charge is 0.504 e. The summed E-state index contributed by atoms with van der Waals surface area (Å²) in [5.41, 5.74) is 1.08. The summed E-state index contributed by atoms with van der Waals surface area (Å²) in [6, 6.07) is 5.07. The van der Waals surface area contributed by atoms with Crippen LogP contribution >= 0.6 is 12.6 Å². The third-order valence-electron chi connectivity index (χ3n) is 2.59. The fraction of sp³-hybridized carbons (Fsp3) is 0.500. The van der Waals surface area contributed by atoms with Crippen LogP contribution in [0.2, 0.25) is 0 Å². The highest BCUT2D eigenvalue weighted by Gasteiger charge is 2.11. The van der Waals surface area contributed by atoms with E-state index in [1.54, 1.807) is 12.1 Å². The standard InChI is InChI=1S/C12H18O2S/c1-2-3-9(6-7-15)10-4-5-11(13)12(14)8-10/h4-5,8-9,13-15H,2-3,6-7H2,1H3. The van der Waals surface area contributed by atoms with Gasteiger partial charge in [0.05, 0.1) is 0 Å². The minimum absolute atomic E-state index is 0.0345. The lowest BCUT2D eigenvalue weighted by molar-refractivity contribution is 0.402. The van der Waals surface area contributed by atoms with Gasteiger partial charge in [0.1, 0.15) is 0 Å². The molecule has 1 aromatic rings. The van der Waals surface area contributed by atoms with Crippen LogP contribution < -0.4 is 0 Å². The van der Waals surface area contributed by atoms with E-state index in [2.05, 4.69) is 19.6 Å². The first-order valence-electron chi connectivity index (χ1n) is 5.31. The summed E-state index contributed by atoms with van der Waals surface area (Å²) in [7, 11) is 0.